The third-order valence-electron chi connectivity index (χ3n) is 7.89. The molecule has 5 rings (SSSR count). The van der Waals surface area contributed by atoms with E-state index in [0.29, 0.717) is 66.3 Å². The number of halogens is 1. The number of carbonyl (C=O) groups excluding carboxylic acids is 2. The first-order valence-electron chi connectivity index (χ1n) is 14.5. The van der Waals surface area contributed by atoms with Gasteiger partial charge in [0.05, 0.1) is 46.3 Å². The molecular formula is C33H37ClN4O6. The van der Waals surface area contributed by atoms with Crippen LogP contribution in [0.5, 0.6) is 17.2 Å². The predicted molar refractivity (Wildman–Crippen MR) is 168 cm³/mol. The van der Waals surface area contributed by atoms with E-state index in [2.05, 4.69) is 4.90 Å². The van der Waals surface area contributed by atoms with Gasteiger partial charge in [-0.2, -0.15) is 5.10 Å². The topological polar surface area (TPSA) is 93.1 Å². The van der Waals surface area contributed by atoms with Crippen molar-refractivity contribution in [3.8, 4) is 17.2 Å². The fourth-order valence-electron chi connectivity index (χ4n) is 5.43. The quantitative estimate of drug-likeness (QED) is 0.311. The number of carbonyl (C=O) groups is 2. The van der Waals surface area contributed by atoms with Crippen molar-refractivity contribution in [2.24, 2.45) is 5.10 Å². The highest BCUT2D eigenvalue weighted by molar-refractivity contribution is 6.34. The average molecular weight is 621 g/mol. The number of rotatable bonds is 11. The summed E-state index contributed by atoms with van der Waals surface area (Å²) in [5.74, 6) is 1.29. The van der Waals surface area contributed by atoms with Crippen LogP contribution in [-0.4, -0.2) is 99.6 Å². The van der Waals surface area contributed by atoms with E-state index in [1.54, 1.807) is 62.6 Å². The minimum atomic E-state index is -0.504. The summed E-state index contributed by atoms with van der Waals surface area (Å²) < 4.78 is 21.9. The highest BCUT2D eigenvalue weighted by atomic mass is 35.5. The van der Waals surface area contributed by atoms with Crippen molar-refractivity contribution in [1.29, 1.82) is 0 Å². The Morgan fingerprint density at radius 2 is 1.66 bits per heavy atom. The van der Waals surface area contributed by atoms with Crippen molar-refractivity contribution in [2.45, 2.75) is 12.5 Å². The molecule has 2 aliphatic rings. The van der Waals surface area contributed by atoms with Gasteiger partial charge in [0.1, 0.15) is 23.8 Å². The van der Waals surface area contributed by atoms with Gasteiger partial charge in [0, 0.05) is 54.3 Å². The van der Waals surface area contributed by atoms with Crippen molar-refractivity contribution in [2.75, 3.05) is 67.3 Å². The molecule has 232 valence electrons. The normalized spacial score (nSPS) is 16.8. The number of ether oxygens (including phenoxy) is 4. The Bertz CT molecular complexity index is 1490. The molecule has 0 aromatic heterocycles. The first kappa shape index (κ1) is 31.3. The second-order valence-electron chi connectivity index (χ2n) is 10.5. The summed E-state index contributed by atoms with van der Waals surface area (Å²) in [7, 11) is 4.75. The Kier molecular flexibility index (Phi) is 10.4. The summed E-state index contributed by atoms with van der Waals surface area (Å²) in [6, 6.07) is 19.3. The minimum Gasteiger partial charge on any atom is -0.497 e. The Balaban J connectivity index is 1.47. The second-order valence-corrected chi connectivity index (χ2v) is 10.9. The maximum absolute atomic E-state index is 14.2. The van der Waals surface area contributed by atoms with Gasteiger partial charge in [-0.15, -0.1) is 0 Å². The highest BCUT2D eigenvalue weighted by Crippen LogP contribution is 2.40. The van der Waals surface area contributed by atoms with Crippen LogP contribution >= 0.6 is 11.6 Å². The summed E-state index contributed by atoms with van der Waals surface area (Å²) in [6.07, 6.45) is 0.402. The zero-order valence-corrected chi connectivity index (χ0v) is 26.0. The van der Waals surface area contributed by atoms with Gasteiger partial charge < -0.3 is 23.8 Å². The van der Waals surface area contributed by atoms with Gasteiger partial charge in [-0.25, -0.2) is 5.01 Å². The van der Waals surface area contributed by atoms with Gasteiger partial charge in [-0.05, 0) is 48.5 Å². The Morgan fingerprint density at radius 1 is 0.955 bits per heavy atom. The summed E-state index contributed by atoms with van der Waals surface area (Å²) in [5, 5.41) is 6.80. The van der Waals surface area contributed by atoms with Crippen molar-refractivity contribution >= 4 is 29.1 Å². The third kappa shape index (κ3) is 7.15. The van der Waals surface area contributed by atoms with Gasteiger partial charge in [0.25, 0.3) is 11.8 Å². The van der Waals surface area contributed by atoms with Crippen molar-refractivity contribution < 1.29 is 28.5 Å². The molecule has 0 N–H and O–H groups in total. The fraction of sp³-hybridized carbons (Fsp3) is 0.364. The van der Waals surface area contributed by atoms with Crippen LogP contribution < -0.4 is 14.2 Å². The van der Waals surface area contributed by atoms with E-state index in [4.69, 9.17) is 35.6 Å². The zero-order chi connectivity index (χ0) is 31.1. The smallest absolute Gasteiger partial charge is 0.262 e. The third-order valence-corrected chi connectivity index (χ3v) is 8.22. The van der Waals surface area contributed by atoms with Crippen molar-refractivity contribution in [3.63, 3.8) is 0 Å². The van der Waals surface area contributed by atoms with E-state index in [-0.39, 0.29) is 18.4 Å². The van der Waals surface area contributed by atoms with Crippen LogP contribution in [0, 0.1) is 0 Å². The van der Waals surface area contributed by atoms with E-state index in [0.717, 1.165) is 24.2 Å². The predicted octanol–water partition coefficient (Wildman–Crippen LogP) is 4.52. The van der Waals surface area contributed by atoms with Gasteiger partial charge >= 0.3 is 0 Å². The number of nitrogens with zero attached hydrogens (tertiary/aromatic N) is 4. The molecule has 2 amide bonds. The molecular weight excluding hydrogens is 584 g/mol. The van der Waals surface area contributed by atoms with Gasteiger partial charge in [-0.1, -0.05) is 29.8 Å². The number of hydrogen-bond donors (Lipinski definition) is 0. The largest absolute Gasteiger partial charge is 0.497 e. The van der Waals surface area contributed by atoms with Crippen LogP contribution in [-0.2, 0) is 9.53 Å². The molecule has 44 heavy (non-hydrogen) atoms. The SMILES string of the molecule is COc1ccc(C(=O)N(CCN2CCOCC2)CC(=O)N2N=C(c3ccccc3Cl)C[C@H]2c2cc(OC)ccc2OC)cc1. The number of amides is 2. The standard InChI is InChI=1S/C33H37ClN4O6/c1-41-24-10-8-23(9-11-24)33(40)37(15-14-36-16-18-44-19-17-36)22-32(39)38-30(27-20-25(42-2)12-13-31(27)43-3)21-29(35-38)26-6-4-5-7-28(26)34/h4-13,20,30H,14-19,21-22H2,1-3H3/t30-/m0/s1. The fourth-order valence-corrected chi connectivity index (χ4v) is 5.68. The van der Waals surface area contributed by atoms with E-state index >= 15 is 0 Å². The number of methoxy groups -OCH3 is 3. The molecule has 1 fully saturated rings. The molecule has 10 nitrogen and oxygen atoms in total. The van der Waals surface area contributed by atoms with Gasteiger partial charge in [-0.3, -0.25) is 14.5 Å². The van der Waals surface area contributed by atoms with Crippen LogP contribution in [0.2, 0.25) is 5.02 Å². The van der Waals surface area contributed by atoms with E-state index < -0.39 is 6.04 Å². The Hall–Kier alpha value is -4.12. The van der Waals surface area contributed by atoms with E-state index in [1.165, 1.54) is 5.01 Å². The molecule has 0 aliphatic carbocycles. The minimum absolute atomic E-state index is 0.169. The first-order valence-corrected chi connectivity index (χ1v) is 14.9. The van der Waals surface area contributed by atoms with E-state index in [9.17, 15) is 9.59 Å². The Labute approximate surface area is 262 Å². The lowest BCUT2D eigenvalue weighted by Gasteiger charge is -2.31. The first-order chi connectivity index (χ1) is 21.4. The van der Waals surface area contributed by atoms with Crippen LogP contribution in [0.25, 0.3) is 0 Å². The lowest BCUT2D eigenvalue weighted by molar-refractivity contribution is -0.133. The van der Waals surface area contributed by atoms with Gasteiger partial charge in [0.15, 0.2) is 0 Å². The molecule has 2 heterocycles. The van der Waals surface area contributed by atoms with Crippen molar-refractivity contribution in [1.82, 2.24) is 14.8 Å². The number of benzene rings is 3. The molecule has 3 aromatic carbocycles. The number of hydrogen-bond acceptors (Lipinski definition) is 8. The maximum Gasteiger partial charge on any atom is 0.262 e. The molecule has 1 atom stereocenters. The second kappa shape index (κ2) is 14.6. The lowest BCUT2D eigenvalue weighted by Crippen LogP contribution is -2.46. The molecule has 0 saturated carbocycles. The average Bonchev–Trinajstić information content (AvgIpc) is 3.52. The molecule has 2 aliphatic heterocycles. The van der Waals surface area contributed by atoms with Crippen LogP contribution in [0.1, 0.15) is 33.9 Å². The summed E-state index contributed by atoms with van der Waals surface area (Å²) in [6.45, 7) is 3.63. The number of hydrazone groups is 1. The Morgan fingerprint density at radius 3 is 2.34 bits per heavy atom. The summed E-state index contributed by atoms with van der Waals surface area (Å²) in [5.41, 5.74) is 2.62. The number of morpholine rings is 1. The van der Waals surface area contributed by atoms with Crippen molar-refractivity contribution in [3.05, 3.63) is 88.4 Å². The molecule has 1 saturated heterocycles. The molecule has 0 bridgehead atoms. The molecule has 0 radical (unpaired) electrons. The van der Waals surface area contributed by atoms with Crippen LogP contribution in [0.4, 0.5) is 0 Å². The van der Waals surface area contributed by atoms with Gasteiger partial charge in [0.2, 0.25) is 0 Å². The summed E-state index contributed by atoms with van der Waals surface area (Å²) >= 11 is 6.56. The maximum atomic E-state index is 14.2. The molecule has 3 aromatic rings. The summed E-state index contributed by atoms with van der Waals surface area (Å²) in [4.78, 5) is 31.8. The molecule has 0 unspecified atom stereocenters. The molecule has 0 spiro atoms. The highest BCUT2D eigenvalue weighted by Gasteiger charge is 2.37. The molecule has 11 heteroatoms. The lowest BCUT2D eigenvalue weighted by atomic mass is 9.97. The van der Waals surface area contributed by atoms with Crippen LogP contribution in [0.3, 0.4) is 0 Å². The van der Waals surface area contributed by atoms with Crippen LogP contribution in [0.15, 0.2) is 71.8 Å². The zero-order valence-electron chi connectivity index (χ0n) is 25.2. The van der Waals surface area contributed by atoms with E-state index in [1.807, 2.05) is 30.3 Å². The monoisotopic (exact) mass is 620 g/mol.